The van der Waals surface area contributed by atoms with Gasteiger partial charge in [-0.25, -0.2) is 0 Å². The van der Waals surface area contributed by atoms with Gasteiger partial charge in [-0.05, 0) is 39.5 Å². The number of hydrogen-bond acceptors (Lipinski definition) is 2. The Kier molecular flexibility index (Phi) is 5.14. The lowest BCUT2D eigenvalue weighted by atomic mass is 9.59. The zero-order valence-corrected chi connectivity index (χ0v) is 18.4. The molecule has 0 heterocycles. The number of carbonyl (C=O) groups excluding carboxylic acids is 1. The Hall–Kier alpha value is -2.27. The predicted molar refractivity (Wildman–Crippen MR) is 127 cm³/mol. The van der Waals surface area contributed by atoms with Crippen LogP contribution in [-0.2, 0) is 10.8 Å². The molecule has 0 spiro atoms. The Bertz CT molecular complexity index is 1120. The minimum atomic E-state index is -0.317. The second-order valence-corrected chi connectivity index (χ2v) is 9.61. The molecular formula is C24H22B4O2. The van der Waals surface area contributed by atoms with Gasteiger partial charge in [0.2, 0.25) is 0 Å². The van der Waals surface area contributed by atoms with E-state index in [1.165, 1.54) is 0 Å². The number of benzene rings is 2. The van der Waals surface area contributed by atoms with Crippen LogP contribution in [0, 0.1) is 17.3 Å². The van der Waals surface area contributed by atoms with Gasteiger partial charge in [0.15, 0.2) is 6.29 Å². The number of aldehydes is 1. The van der Waals surface area contributed by atoms with E-state index in [2.05, 4.69) is 53.4 Å². The van der Waals surface area contributed by atoms with E-state index in [9.17, 15) is 9.90 Å². The Labute approximate surface area is 184 Å². The number of phenolic OH excluding ortho intramolecular Hbond substituents is 1. The molecular weight excluding hydrogens is 364 g/mol. The third-order valence-corrected chi connectivity index (χ3v) is 7.74. The smallest absolute Gasteiger partial charge is 0.151 e. The molecule has 142 valence electrons. The first-order valence-electron chi connectivity index (χ1n) is 9.81. The fourth-order valence-corrected chi connectivity index (χ4v) is 4.38. The van der Waals surface area contributed by atoms with Crippen LogP contribution in [0.1, 0.15) is 74.2 Å². The van der Waals surface area contributed by atoms with Gasteiger partial charge < -0.3 is 5.11 Å². The van der Waals surface area contributed by atoms with Crippen molar-refractivity contribution < 1.29 is 9.90 Å². The van der Waals surface area contributed by atoms with Crippen molar-refractivity contribution in [1.29, 1.82) is 0 Å². The van der Waals surface area contributed by atoms with E-state index in [4.69, 9.17) is 31.4 Å². The van der Waals surface area contributed by atoms with E-state index in [0.717, 1.165) is 17.4 Å². The topological polar surface area (TPSA) is 37.3 Å². The molecule has 2 aromatic rings. The maximum absolute atomic E-state index is 11.9. The molecule has 0 aliphatic heterocycles. The highest BCUT2D eigenvalue weighted by Gasteiger charge is 2.56. The Morgan fingerprint density at radius 2 is 1.30 bits per heavy atom. The zero-order chi connectivity index (χ0) is 22.8. The summed E-state index contributed by atoms with van der Waals surface area (Å²) in [7, 11) is 23.5. The summed E-state index contributed by atoms with van der Waals surface area (Å²) in [6.45, 7) is 13.3. The zero-order valence-electron chi connectivity index (χ0n) is 18.4. The van der Waals surface area contributed by atoms with Crippen LogP contribution in [0.4, 0.5) is 0 Å². The van der Waals surface area contributed by atoms with E-state index in [1.54, 1.807) is 0 Å². The molecule has 8 radical (unpaired) electrons. The summed E-state index contributed by atoms with van der Waals surface area (Å²) in [5, 5.41) is 10.4. The molecule has 0 bridgehead atoms. The van der Waals surface area contributed by atoms with Gasteiger partial charge in [0, 0.05) is 11.1 Å². The first-order chi connectivity index (χ1) is 13.7. The highest BCUT2D eigenvalue weighted by atomic mass is 16.3. The van der Waals surface area contributed by atoms with Crippen LogP contribution >= 0.6 is 0 Å². The quantitative estimate of drug-likeness (QED) is 0.438. The minimum absolute atomic E-state index is 0.0212. The van der Waals surface area contributed by atoms with Crippen LogP contribution in [0.3, 0.4) is 0 Å². The Morgan fingerprint density at radius 1 is 0.800 bits per heavy atom. The van der Waals surface area contributed by atoms with Crippen LogP contribution in [0.25, 0.3) is 0 Å². The van der Waals surface area contributed by atoms with Crippen molar-refractivity contribution in [3.8, 4) is 17.6 Å². The van der Waals surface area contributed by atoms with E-state index in [-0.39, 0.29) is 49.4 Å². The summed E-state index contributed by atoms with van der Waals surface area (Å²) in [5.41, 5.74) is 3.21. The highest BCUT2D eigenvalue weighted by Crippen LogP contribution is 2.61. The molecule has 3 rings (SSSR count). The fourth-order valence-electron chi connectivity index (χ4n) is 4.38. The molecule has 1 aliphatic rings. The molecule has 0 atom stereocenters. The maximum atomic E-state index is 11.9. The normalized spacial score (nSPS) is 17.7. The standard InChI is InChI=1S/C24H22B4O2/c1-22(2)15-9-12(13(11-29)10-16(15)23(3,4)24(22,5)6)7-8-14-17(25)18(26)19(27)20(28)21(14)30/h9-11,30H,1-6H3. The average Bonchev–Trinajstić information content (AvgIpc) is 2.78. The Balaban J connectivity index is 2.26. The molecule has 0 saturated carbocycles. The van der Waals surface area contributed by atoms with E-state index < -0.39 is 0 Å². The number of hydrogen-bond donors (Lipinski definition) is 1. The number of carbonyl (C=O) groups is 1. The largest absolute Gasteiger partial charge is 0.507 e. The first kappa shape index (κ1) is 22.4. The van der Waals surface area contributed by atoms with Crippen molar-refractivity contribution in [3.05, 3.63) is 39.9 Å². The molecule has 0 unspecified atom stereocenters. The van der Waals surface area contributed by atoms with E-state index in [0.29, 0.717) is 11.1 Å². The van der Waals surface area contributed by atoms with Crippen molar-refractivity contribution in [1.82, 2.24) is 0 Å². The van der Waals surface area contributed by atoms with Gasteiger partial charge in [0.25, 0.3) is 0 Å². The minimum Gasteiger partial charge on any atom is -0.507 e. The molecule has 2 aromatic carbocycles. The number of rotatable bonds is 1. The summed E-state index contributed by atoms with van der Waals surface area (Å²) < 4.78 is 0. The van der Waals surface area contributed by atoms with Crippen LogP contribution in [-0.4, -0.2) is 42.8 Å². The van der Waals surface area contributed by atoms with Crippen LogP contribution < -0.4 is 21.9 Å². The van der Waals surface area contributed by atoms with Crippen molar-refractivity contribution in [3.63, 3.8) is 0 Å². The second-order valence-electron chi connectivity index (χ2n) is 9.61. The SMILES string of the molecule is [B]c1c([B])c([B])c(C#Cc2cc3c(cc2C=O)C(C)(C)C(C)(C)C3(C)C)c(O)c1[B]. The van der Waals surface area contributed by atoms with Gasteiger partial charge in [-0.15, -0.1) is 10.9 Å². The van der Waals surface area contributed by atoms with Crippen molar-refractivity contribution in [2.45, 2.75) is 52.4 Å². The lowest BCUT2D eigenvalue weighted by Crippen LogP contribution is -2.48. The van der Waals surface area contributed by atoms with Crippen LogP contribution in [0.5, 0.6) is 5.75 Å². The summed E-state index contributed by atoms with van der Waals surface area (Å²) in [6, 6.07) is 3.90. The molecule has 2 nitrogen and oxygen atoms in total. The summed E-state index contributed by atoms with van der Waals surface area (Å²) in [4.78, 5) is 11.9. The summed E-state index contributed by atoms with van der Waals surface area (Å²) in [5.74, 6) is 5.51. The van der Waals surface area contributed by atoms with E-state index in [1.807, 2.05) is 12.1 Å². The van der Waals surface area contributed by atoms with Gasteiger partial charge in [-0.3, -0.25) is 4.79 Å². The average molecular weight is 386 g/mol. The van der Waals surface area contributed by atoms with Gasteiger partial charge >= 0.3 is 0 Å². The fraction of sp³-hybridized carbons (Fsp3) is 0.375. The number of aromatic hydroxyl groups is 1. The predicted octanol–water partition coefficient (Wildman–Crippen LogP) is 0.375. The number of fused-ring (bicyclic) bond motifs is 1. The molecule has 0 fully saturated rings. The van der Waals surface area contributed by atoms with Crippen molar-refractivity contribution in [2.75, 3.05) is 0 Å². The van der Waals surface area contributed by atoms with Crippen LogP contribution in [0.2, 0.25) is 0 Å². The van der Waals surface area contributed by atoms with Gasteiger partial charge in [-0.1, -0.05) is 64.3 Å². The molecule has 30 heavy (non-hydrogen) atoms. The second kappa shape index (κ2) is 6.88. The molecule has 1 N–H and O–H groups in total. The van der Waals surface area contributed by atoms with Gasteiger partial charge in [-0.2, -0.15) is 0 Å². The maximum Gasteiger partial charge on any atom is 0.151 e. The Morgan fingerprint density at radius 3 is 1.83 bits per heavy atom. The van der Waals surface area contributed by atoms with E-state index >= 15 is 0 Å². The van der Waals surface area contributed by atoms with Crippen LogP contribution in [0.15, 0.2) is 12.1 Å². The summed E-state index contributed by atoms with van der Waals surface area (Å²) in [6.07, 6.45) is 0.799. The highest BCUT2D eigenvalue weighted by molar-refractivity contribution is 6.63. The molecule has 0 aromatic heterocycles. The lowest BCUT2D eigenvalue weighted by Gasteiger charge is -2.44. The van der Waals surface area contributed by atoms with Gasteiger partial charge in [0.1, 0.15) is 37.1 Å². The summed E-state index contributed by atoms with van der Waals surface area (Å²) >= 11 is 0. The monoisotopic (exact) mass is 386 g/mol. The molecule has 1 aliphatic carbocycles. The lowest BCUT2D eigenvalue weighted by molar-refractivity contribution is 0.112. The molecule has 0 amide bonds. The molecule has 0 saturated heterocycles. The number of phenols is 1. The first-order valence-corrected chi connectivity index (χ1v) is 9.81. The van der Waals surface area contributed by atoms with Crippen molar-refractivity contribution in [2.24, 2.45) is 5.41 Å². The van der Waals surface area contributed by atoms with Gasteiger partial charge in [0.05, 0.1) is 5.56 Å². The third kappa shape index (κ3) is 2.82. The molecule has 6 heteroatoms. The third-order valence-electron chi connectivity index (χ3n) is 7.74. The van der Waals surface area contributed by atoms with Crippen molar-refractivity contribution >= 4 is 59.5 Å².